The van der Waals surface area contributed by atoms with Gasteiger partial charge in [0.25, 0.3) is 0 Å². The Bertz CT molecular complexity index is 1390. The summed E-state index contributed by atoms with van der Waals surface area (Å²) in [6.07, 6.45) is 2.85. The molecule has 1 saturated carbocycles. The number of carbonyl (C=O) groups excluding carboxylic acids is 1. The average Bonchev–Trinajstić information content (AvgIpc) is 3.46. The van der Waals surface area contributed by atoms with Gasteiger partial charge in [0.05, 0.1) is 23.4 Å². The minimum Gasteiger partial charge on any atom is -0.484 e. The van der Waals surface area contributed by atoms with E-state index < -0.39 is 6.10 Å². The van der Waals surface area contributed by atoms with E-state index >= 15 is 0 Å². The van der Waals surface area contributed by atoms with Gasteiger partial charge in [0.1, 0.15) is 23.5 Å². The van der Waals surface area contributed by atoms with Crippen molar-refractivity contribution in [3.63, 3.8) is 0 Å². The van der Waals surface area contributed by atoms with Crippen LogP contribution in [-0.4, -0.2) is 21.7 Å². The number of nitrogens with one attached hydrogen (secondary N) is 1. The molecule has 0 radical (unpaired) electrons. The monoisotopic (exact) mass is 491 g/mol. The number of halogens is 2. The van der Waals surface area contributed by atoms with E-state index in [0.29, 0.717) is 16.9 Å². The summed E-state index contributed by atoms with van der Waals surface area (Å²) >= 11 is 0. The molecule has 36 heavy (non-hydrogen) atoms. The summed E-state index contributed by atoms with van der Waals surface area (Å²) in [5, 5.41) is 8.34. The Morgan fingerprint density at radius 3 is 2.47 bits per heavy atom. The SMILES string of the molecule is C.Cc1ccc([C@@H](Oc2ccc3c(cnn3-c3ccc(F)cc3)c2)[C@H](C)NC(=O)C2(C)CC2)cc1F. The van der Waals surface area contributed by atoms with E-state index in [1.54, 1.807) is 36.0 Å². The standard InChI is InChI=1S/C28H27F2N3O2.CH4/c1-17-4-5-19(15-24(17)30)26(18(2)32-27(34)28(3)12-13-28)35-23-10-11-25-20(14-23)16-31-33(25)22-8-6-21(29)7-9-22;/h4-11,14-16,18,26H,12-13H2,1-3H3,(H,32,34);1H4/t18-,26-;/m0./s1. The van der Waals surface area contributed by atoms with Gasteiger partial charge in [-0.25, -0.2) is 13.5 Å². The molecule has 188 valence electrons. The first-order chi connectivity index (χ1) is 16.7. The zero-order valence-corrected chi connectivity index (χ0v) is 19.9. The van der Waals surface area contributed by atoms with Crippen LogP contribution in [0.2, 0.25) is 0 Å². The number of benzene rings is 3. The van der Waals surface area contributed by atoms with Crippen molar-refractivity contribution >= 4 is 16.8 Å². The van der Waals surface area contributed by atoms with Gasteiger partial charge in [0, 0.05) is 10.8 Å². The maximum atomic E-state index is 14.4. The molecule has 5 rings (SSSR count). The van der Waals surface area contributed by atoms with Crippen molar-refractivity contribution in [1.29, 1.82) is 0 Å². The Morgan fingerprint density at radius 1 is 1.08 bits per heavy atom. The predicted molar refractivity (Wildman–Crippen MR) is 137 cm³/mol. The molecule has 0 unspecified atom stereocenters. The van der Waals surface area contributed by atoms with Crippen LogP contribution in [0.3, 0.4) is 0 Å². The fraction of sp³-hybridized carbons (Fsp3) is 0.310. The first kappa shape index (κ1) is 25.4. The van der Waals surface area contributed by atoms with Gasteiger partial charge in [0.15, 0.2) is 0 Å². The zero-order chi connectivity index (χ0) is 24.7. The van der Waals surface area contributed by atoms with Crippen molar-refractivity contribution in [3.05, 3.63) is 89.6 Å². The molecule has 0 saturated heterocycles. The number of amides is 1. The Kier molecular flexibility index (Phi) is 6.85. The highest BCUT2D eigenvalue weighted by atomic mass is 19.1. The van der Waals surface area contributed by atoms with Crippen LogP contribution >= 0.6 is 0 Å². The third-order valence-electron chi connectivity index (χ3n) is 6.76. The summed E-state index contributed by atoms with van der Waals surface area (Å²) < 4.78 is 35.8. The largest absolute Gasteiger partial charge is 0.484 e. The van der Waals surface area contributed by atoms with Crippen LogP contribution in [0.25, 0.3) is 16.6 Å². The van der Waals surface area contributed by atoms with Crippen LogP contribution in [-0.2, 0) is 4.79 Å². The Labute approximate surface area is 210 Å². The van der Waals surface area contributed by atoms with Crippen molar-refractivity contribution in [1.82, 2.24) is 15.1 Å². The van der Waals surface area contributed by atoms with Crippen molar-refractivity contribution in [2.24, 2.45) is 5.41 Å². The first-order valence-electron chi connectivity index (χ1n) is 11.7. The number of hydrogen-bond donors (Lipinski definition) is 1. The number of rotatable bonds is 7. The maximum Gasteiger partial charge on any atom is 0.226 e. The molecule has 5 nitrogen and oxygen atoms in total. The van der Waals surface area contributed by atoms with E-state index in [1.807, 2.05) is 38.1 Å². The van der Waals surface area contributed by atoms with Crippen molar-refractivity contribution in [2.45, 2.75) is 53.2 Å². The van der Waals surface area contributed by atoms with Gasteiger partial charge < -0.3 is 10.1 Å². The van der Waals surface area contributed by atoms with Crippen molar-refractivity contribution in [3.8, 4) is 11.4 Å². The van der Waals surface area contributed by atoms with Gasteiger partial charge in [-0.15, -0.1) is 0 Å². The van der Waals surface area contributed by atoms with Crippen LogP contribution in [0, 0.1) is 24.0 Å². The van der Waals surface area contributed by atoms with Gasteiger partial charge in [0.2, 0.25) is 5.91 Å². The number of carbonyl (C=O) groups is 1. The molecule has 1 aliphatic rings. The summed E-state index contributed by atoms with van der Waals surface area (Å²) in [6, 6.07) is 16.3. The van der Waals surface area contributed by atoms with Crippen LogP contribution in [0.15, 0.2) is 66.9 Å². The highest BCUT2D eigenvalue weighted by Crippen LogP contribution is 2.45. The quantitative estimate of drug-likeness (QED) is 0.314. The zero-order valence-electron chi connectivity index (χ0n) is 19.9. The van der Waals surface area contributed by atoms with Gasteiger partial charge >= 0.3 is 0 Å². The molecule has 4 aromatic rings. The van der Waals surface area contributed by atoms with E-state index in [9.17, 15) is 13.6 Å². The third-order valence-corrected chi connectivity index (χ3v) is 6.76. The number of nitrogens with zero attached hydrogens (tertiary/aromatic N) is 2. The smallest absolute Gasteiger partial charge is 0.226 e. The highest BCUT2D eigenvalue weighted by Gasteiger charge is 2.45. The lowest BCUT2D eigenvalue weighted by molar-refractivity contribution is -0.127. The van der Waals surface area contributed by atoms with E-state index in [1.165, 1.54) is 18.2 Å². The molecule has 1 fully saturated rings. The lowest BCUT2D eigenvalue weighted by atomic mass is 10.00. The Balaban J connectivity index is 0.00000304. The van der Waals surface area contributed by atoms with E-state index in [2.05, 4.69) is 10.4 Å². The van der Waals surface area contributed by atoms with Crippen LogP contribution in [0.1, 0.15) is 51.3 Å². The molecule has 0 bridgehead atoms. The second kappa shape index (κ2) is 9.72. The van der Waals surface area contributed by atoms with Crippen LogP contribution in [0.5, 0.6) is 5.75 Å². The number of aromatic nitrogens is 2. The fourth-order valence-electron chi connectivity index (χ4n) is 4.14. The molecular weight excluding hydrogens is 460 g/mol. The number of fused-ring (bicyclic) bond motifs is 1. The molecule has 1 amide bonds. The summed E-state index contributed by atoms with van der Waals surface area (Å²) in [6.45, 7) is 5.53. The van der Waals surface area contributed by atoms with Crippen molar-refractivity contribution < 1.29 is 18.3 Å². The molecule has 1 aliphatic carbocycles. The van der Waals surface area contributed by atoms with Gasteiger partial charge in [-0.1, -0.05) is 26.5 Å². The normalized spacial score (nSPS) is 15.6. The molecule has 1 heterocycles. The second-order valence-corrected chi connectivity index (χ2v) is 9.62. The molecule has 0 aliphatic heterocycles. The highest BCUT2D eigenvalue weighted by molar-refractivity contribution is 5.85. The summed E-state index contributed by atoms with van der Waals surface area (Å²) in [4.78, 5) is 12.7. The minimum atomic E-state index is -0.596. The molecular formula is C29H31F2N3O2. The molecule has 1 aromatic heterocycles. The van der Waals surface area contributed by atoms with Gasteiger partial charge in [-0.05, 0) is 86.3 Å². The summed E-state index contributed by atoms with van der Waals surface area (Å²) in [7, 11) is 0. The topological polar surface area (TPSA) is 56.1 Å². The van der Waals surface area contributed by atoms with Crippen molar-refractivity contribution in [2.75, 3.05) is 0 Å². The van der Waals surface area contributed by atoms with Gasteiger partial charge in [-0.2, -0.15) is 5.10 Å². The van der Waals surface area contributed by atoms with Crippen LogP contribution in [0.4, 0.5) is 8.78 Å². The Morgan fingerprint density at radius 2 is 1.81 bits per heavy atom. The number of hydrogen-bond acceptors (Lipinski definition) is 3. The van der Waals surface area contributed by atoms with Gasteiger partial charge in [-0.3, -0.25) is 4.79 Å². The summed E-state index contributed by atoms with van der Waals surface area (Å²) in [5.74, 6) is -0.0701. The predicted octanol–water partition coefficient (Wildman–Crippen LogP) is 6.67. The fourth-order valence-corrected chi connectivity index (χ4v) is 4.14. The van der Waals surface area contributed by atoms with Crippen LogP contribution < -0.4 is 10.1 Å². The minimum absolute atomic E-state index is 0. The molecule has 2 atom stereocenters. The molecule has 1 N–H and O–H groups in total. The molecule has 7 heteroatoms. The Hall–Kier alpha value is -3.74. The van der Waals surface area contributed by atoms with E-state index in [4.69, 9.17) is 4.74 Å². The molecule has 3 aromatic carbocycles. The average molecular weight is 492 g/mol. The van der Waals surface area contributed by atoms with E-state index in [0.717, 1.165) is 29.4 Å². The lowest BCUT2D eigenvalue weighted by Gasteiger charge is -2.28. The first-order valence-corrected chi connectivity index (χ1v) is 11.7. The maximum absolute atomic E-state index is 14.4. The second-order valence-electron chi connectivity index (χ2n) is 9.62. The van der Waals surface area contributed by atoms with E-state index in [-0.39, 0.29) is 36.4 Å². The summed E-state index contributed by atoms with van der Waals surface area (Å²) in [5.41, 5.74) is 2.44. The number of ether oxygens (including phenoxy) is 1. The third kappa shape index (κ3) is 4.96. The number of aryl methyl sites for hydroxylation is 1. The molecule has 0 spiro atoms. The lowest BCUT2D eigenvalue weighted by Crippen LogP contribution is -2.42.